The number of aliphatic carboxylic acids is 1. The molecule has 1 heterocycles. The average Bonchev–Trinajstić information content (AvgIpc) is 2.26. The Morgan fingerprint density at radius 1 is 1.50 bits per heavy atom. The van der Waals surface area contributed by atoms with E-state index >= 15 is 0 Å². The highest BCUT2D eigenvalue weighted by molar-refractivity contribution is 5.70. The second-order valence-corrected chi connectivity index (χ2v) is 4.98. The minimum absolute atomic E-state index is 0.0568. The van der Waals surface area contributed by atoms with Crippen LogP contribution < -0.4 is 5.73 Å². The molecule has 3 N–H and O–H groups in total. The van der Waals surface area contributed by atoms with E-state index in [1.54, 1.807) is 6.92 Å². The van der Waals surface area contributed by atoms with Crippen molar-refractivity contribution in [2.24, 2.45) is 11.7 Å². The predicted octanol–water partition coefficient (Wildman–Crippen LogP) is 1.30. The first-order valence-corrected chi connectivity index (χ1v) is 6.19. The van der Waals surface area contributed by atoms with E-state index in [-0.39, 0.29) is 12.0 Å². The molecule has 0 aromatic carbocycles. The Kier molecular flexibility index (Phi) is 4.74. The highest BCUT2D eigenvalue weighted by Crippen LogP contribution is 2.27. The summed E-state index contributed by atoms with van der Waals surface area (Å²) in [4.78, 5) is 13.3. The zero-order chi connectivity index (χ0) is 12.3. The number of carboxylic acids is 1. The van der Waals surface area contributed by atoms with Crippen LogP contribution in [-0.2, 0) is 4.79 Å². The maximum atomic E-state index is 11.0. The highest BCUT2D eigenvalue weighted by atomic mass is 16.4. The van der Waals surface area contributed by atoms with Gasteiger partial charge >= 0.3 is 5.97 Å². The Labute approximate surface area is 97.8 Å². The summed E-state index contributed by atoms with van der Waals surface area (Å²) in [6.07, 6.45) is 3.44. The molecule has 94 valence electrons. The van der Waals surface area contributed by atoms with E-state index in [2.05, 4.69) is 11.8 Å². The molecule has 1 aliphatic heterocycles. The van der Waals surface area contributed by atoms with Crippen LogP contribution in [0.25, 0.3) is 0 Å². The van der Waals surface area contributed by atoms with Crippen LogP contribution in [0.3, 0.4) is 0 Å². The van der Waals surface area contributed by atoms with Gasteiger partial charge in [0.25, 0.3) is 0 Å². The Bertz CT molecular complexity index is 245. The molecule has 1 rings (SSSR count). The van der Waals surface area contributed by atoms with Crippen molar-refractivity contribution in [3.05, 3.63) is 0 Å². The van der Waals surface area contributed by atoms with Crippen molar-refractivity contribution in [2.75, 3.05) is 6.54 Å². The molecule has 1 aliphatic rings. The number of nitrogens with two attached hydrogens (primary N) is 1. The lowest BCUT2D eigenvalue weighted by molar-refractivity contribution is -0.144. The van der Waals surface area contributed by atoms with E-state index in [1.165, 1.54) is 6.42 Å². The topological polar surface area (TPSA) is 66.6 Å². The number of piperidine rings is 1. The number of carbonyl (C=O) groups is 1. The zero-order valence-electron chi connectivity index (χ0n) is 10.5. The molecular weight excluding hydrogens is 204 g/mol. The lowest BCUT2D eigenvalue weighted by Crippen LogP contribution is -2.55. The van der Waals surface area contributed by atoms with Crippen molar-refractivity contribution in [3.63, 3.8) is 0 Å². The van der Waals surface area contributed by atoms with Gasteiger partial charge < -0.3 is 10.8 Å². The van der Waals surface area contributed by atoms with Crippen LogP contribution in [0.15, 0.2) is 0 Å². The Balaban J connectivity index is 2.76. The van der Waals surface area contributed by atoms with Crippen LogP contribution in [0, 0.1) is 5.92 Å². The molecule has 0 aromatic heterocycles. The van der Waals surface area contributed by atoms with Gasteiger partial charge in [-0.05, 0) is 26.7 Å². The molecule has 4 unspecified atom stereocenters. The second kappa shape index (κ2) is 5.64. The van der Waals surface area contributed by atoms with E-state index in [4.69, 9.17) is 10.8 Å². The van der Waals surface area contributed by atoms with Gasteiger partial charge in [0.2, 0.25) is 0 Å². The summed E-state index contributed by atoms with van der Waals surface area (Å²) in [5.41, 5.74) is 5.78. The molecule has 0 radical (unpaired) electrons. The van der Waals surface area contributed by atoms with Crippen molar-refractivity contribution in [1.82, 2.24) is 4.90 Å². The summed E-state index contributed by atoms with van der Waals surface area (Å²) >= 11 is 0. The van der Waals surface area contributed by atoms with Crippen molar-refractivity contribution in [2.45, 2.75) is 58.2 Å². The van der Waals surface area contributed by atoms with Gasteiger partial charge in [0.1, 0.15) is 0 Å². The minimum Gasteiger partial charge on any atom is -0.481 e. The minimum atomic E-state index is -0.721. The quantitative estimate of drug-likeness (QED) is 0.761. The summed E-state index contributed by atoms with van der Waals surface area (Å²) < 4.78 is 0. The molecule has 4 nitrogen and oxygen atoms in total. The standard InChI is InChI=1S/C12H24N2O2/c1-8-5-4-6-11(7-13)14(8)10(3)9(2)12(15)16/h8-11H,4-7,13H2,1-3H3,(H,15,16). The first-order chi connectivity index (χ1) is 7.49. The molecule has 0 saturated carbocycles. The summed E-state index contributed by atoms with van der Waals surface area (Å²) in [5, 5.41) is 9.07. The number of likely N-dealkylation sites (tertiary alicyclic amines) is 1. The van der Waals surface area contributed by atoms with Gasteiger partial charge in [-0.1, -0.05) is 13.3 Å². The second-order valence-electron chi connectivity index (χ2n) is 4.98. The summed E-state index contributed by atoms with van der Waals surface area (Å²) in [6, 6.07) is 0.848. The fourth-order valence-corrected chi connectivity index (χ4v) is 2.74. The molecule has 0 aromatic rings. The Morgan fingerprint density at radius 3 is 2.62 bits per heavy atom. The fourth-order valence-electron chi connectivity index (χ4n) is 2.74. The SMILES string of the molecule is CC(C(=O)O)C(C)N1C(C)CCCC1CN. The molecule has 4 atom stereocenters. The lowest BCUT2D eigenvalue weighted by atomic mass is 9.91. The maximum Gasteiger partial charge on any atom is 0.307 e. The van der Waals surface area contributed by atoms with E-state index in [0.29, 0.717) is 18.6 Å². The van der Waals surface area contributed by atoms with Gasteiger partial charge in [0.15, 0.2) is 0 Å². The van der Waals surface area contributed by atoms with Crippen LogP contribution in [-0.4, -0.2) is 40.6 Å². The molecular formula is C12H24N2O2. The number of hydrogen-bond acceptors (Lipinski definition) is 3. The van der Waals surface area contributed by atoms with Gasteiger partial charge in [-0.25, -0.2) is 0 Å². The smallest absolute Gasteiger partial charge is 0.307 e. The molecule has 1 saturated heterocycles. The van der Waals surface area contributed by atoms with E-state index in [1.807, 2.05) is 6.92 Å². The highest BCUT2D eigenvalue weighted by Gasteiger charge is 2.34. The van der Waals surface area contributed by atoms with Gasteiger partial charge in [0.05, 0.1) is 5.92 Å². The van der Waals surface area contributed by atoms with Crippen LogP contribution in [0.1, 0.15) is 40.0 Å². The van der Waals surface area contributed by atoms with Gasteiger partial charge in [-0.2, -0.15) is 0 Å². The zero-order valence-corrected chi connectivity index (χ0v) is 10.5. The summed E-state index contributed by atoms with van der Waals surface area (Å²) in [7, 11) is 0. The largest absolute Gasteiger partial charge is 0.481 e. The molecule has 16 heavy (non-hydrogen) atoms. The number of carboxylic acid groups (broad SMARTS) is 1. The number of rotatable bonds is 4. The molecule has 0 bridgehead atoms. The predicted molar refractivity (Wildman–Crippen MR) is 64.3 cm³/mol. The monoisotopic (exact) mass is 228 g/mol. The van der Waals surface area contributed by atoms with Gasteiger partial charge in [-0.3, -0.25) is 9.69 Å². The van der Waals surface area contributed by atoms with Crippen LogP contribution >= 0.6 is 0 Å². The van der Waals surface area contributed by atoms with Crippen molar-refractivity contribution >= 4 is 5.97 Å². The van der Waals surface area contributed by atoms with Gasteiger partial charge in [0, 0.05) is 24.7 Å². The third-order valence-electron chi connectivity index (χ3n) is 3.95. The van der Waals surface area contributed by atoms with E-state index in [9.17, 15) is 4.79 Å². The van der Waals surface area contributed by atoms with Crippen molar-refractivity contribution < 1.29 is 9.90 Å². The number of nitrogens with zero attached hydrogens (tertiary/aromatic N) is 1. The van der Waals surface area contributed by atoms with Crippen LogP contribution in [0.4, 0.5) is 0 Å². The van der Waals surface area contributed by atoms with Crippen molar-refractivity contribution in [3.8, 4) is 0 Å². The summed E-state index contributed by atoms with van der Waals surface area (Å²) in [5.74, 6) is -1.06. The van der Waals surface area contributed by atoms with Crippen LogP contribution in [0.2, 0.25) is 0 Å². The molecule has 0 aliphatic carbocycles. The molecule has 1 fully saturated rings. The van der Waals surface area contributed by atoms with Gasteiger partial charge in [-0.15, -0.1) is 0 Å². The molecule has 4 heteroatoms. The first kappa shape index (κ1) is 13.5. The fraction of sp³-hybridized carbons (Fsp3) is 0.917. The number of hydrogen-bond donors (Lipinski definition) is 2. The Hall–Kier alpha value is -0.610. The van der Waals surface area contributed by atoms with E-state index in [0.717, 1.165) is 12.8 Å². The summed E-state index contributed by atoms with van der Waals surface area (Å²) in [6.45, 7) is 6.58. The molecule has 0 spiro atoms. The molecule has 0 amide bonds. The van der Waals surface area contributed by atoms with E-state index < -0.39 is 5.97 Å². The third-order valence-corrected chi connectivity index (χ3v) is 3.95. The normalized spacial score (nSPS) is 31.0. The first-order valence-electron chi connectivity index (χ1n) is 6.19. The lowest BCUT2D eigenvalue weighted by Gasteiger charge is -2.45. The average molecular weight is 228 g/mol. The Morgan fingerprint density at radius 2 is 2.12 bits per heavy atom. The maximum absolute atomic E-state index is 11.0. The van der Waals surface area contributed by atoms with Crippen molar-refractivity contribution in [1.29, 1.82) is 0 Å². The third kappa shape index (κ3) is 2.74. The van der Waals surface area contributed by atoms with Crippen LogP contribution in [0.5, 0.6) is 0 Å².